The SMILES string of the molecule is FC(F)(F)c1nnc(-c2[nH]c3ccccc3c2Cl)o1. The number of para-hydroxylation sites is 1. The Morgan fingerprint density at radius 2 is 1.89 bits per heavy atom. The van der Waals surface area contributed by atoms with Crippen LogP contribution in [0.1, 0.15) is 5.89 Å². The summed E-state index contributed by atoms with van der Waals surface area (Å²) in [6, 6.07) is 7.01. The second kappa shape index (κ2) is 3.99. The topological polar surface area (TPSA) is 54.7 Å². The number of H-pyrrole nitrogens is 1. The van der Waals surface area contributed by atoms with Crippen LogP contribution in [0.4, 0.5) is 13.2 Å². The number of nitrogens with zero attached hydrogens (tertiary/aromatic N) is 2. The van der Waals surface area contributed by atoms with Gasteiger partial charge in [0, 0.05) is 10.9 Å². The maximum absolute atomic E-state index is 12.4. The van der Waals surface area contributed by atoms with E-state index in [4.69, 9.17) is 11.6 Å². The predicted octanol–water partition coefficient (Wildman–Crippen LogP) is 3.89. The smallest absolute Gasteiger partial charge is 0.411 e. The molecule has 0 fully saturated rings. The lowest BCUT2D eigenvalue weighted by Crippen LogP contribution is -2.04. The fourth-order valence-corrected chi connectivity index (χ4v) is 1.99. The van der Waals surface area contributed by atoms with E-state index in [1.54, 1.807) is 24.3 Å². The van der Waals surface area contributed by atoms with E-state index >= 15 is 0 Å². The lowest BCUT2D eigenvalue weighted by Gasteiger charge is -1.97. The first-order chi connectivity index (χ1) is 8.97. The zero-order chi connectivity index (χ0) is 13.6. The monoisotopic (exact) mass is 287 g/mol. The third kappa shape index (κ3) is 1.95. The summed E-state index contributed by atoms with van der Waals surface area (Å²) in [7, 11) is 0. The fourth-order valence-electron chi connectivity index (χ4n) is 1.69. The van der Waals surface area contributed by atoms with Crippen molar-refractivity contribution < 1.29 is 17.6 Å². The molecule has 0 atom stereocenters. The normalized spacial score (nSPS) is 12.2. The molecular weight excluding hydrogens is 283 g/mol. The number of aromatic amines is 1. The van der Waals surface area contributed by atoms with Crippen molar-refractivity contribution in [3.8, 4) is 11.6 Å². The Hall–Kier alpha value is -2.02. The van der Waals surface area contributed by atoms with Crippen molar-refractivity contribution >= 4 is 22.5 Å². The van der Waals surface area contributed by atoms with E-state index in [1.165, 1.54) is 0 Å². The van der Waals surface area contributed by atoms with Crippen molar-refractivity contribution in [2.45, 2.75) is 6.18 Å². The molecule has 2 aromatic heterocycles. The molecule has 0 saturated heterocycles. The molecule has 3 rings (SSSR count). The van der Waals surface area contributed by atoms with Crippen LogP contribution in [-0.4, -0.2) is 15.2 Å². The van der Waals surface area contributed by atoms with Gasteiger partial charge < -0.3 is 9.40 Å². The van der Waals surface area contributed by atoms with Crippen LogP contribution in [-0.2, 0) is 6.18 Å². The number of fused-ring (bicyclic) bond motifs is 1. The molecule has 19 heavy (non-hydrogen) atoms. The molecule has 1 N–H and O–H groups in total. The van der Waals surface area contributed by atoms with Gasteiger partial charge in [-0.05, 0) is 6.07 Å². The molecule has 2 heterocycles. The summed E-state index contributed by atoms with van der Waals surface area (Å²) in [4.78, 5) is 2.85. The molecule has 0 amide bonds. The Labute approximate surface area is 109 Å². The molecule has 3 aromatic rings. The van der Waals surface area contributed by atoms with Crippen LogP contribution in [0.5, 0.6) is 0 Å². The number of alkyl halides is 3. The summed E-state index contributed by atoms with van der Waals surface area (Å²) in [6.45, 7) is 0. The van der Waals surface area contributed by atoms with Gasteiger partial charge in [-0.2, -0.15) is 13.2 Å². The number of hydrogen-bond acceptors (Lipinski definition) is 3. The molecule has 98 valence electrons. The van der Waals surface area contributed by atoms with Gasteiger partial charge in [0.15, 0.2) is 0 Å². The molecule has 0 aliphatic heterocycles. The van der Waals surface area contributed by atoms with Gasteiger partial charge >= 0.3 is 12.1 Å². The first kappa shape index (κ1) is 12.0. The van der Waals surface area contributed by atoms with E-state index in [9.17, 15) is 13.2 Å². The zero-order valence-electron chi connectivity index (χ0n) is 9.12. The number of benzene rings is 1. The maximum atomic E-state index is 12.4. The summed E-state index contributed by atoms with van der Waals surface area (Å²) in [6.07, 6.45) is -4.68. The van der Waals surface area contributed by atoms with Gasteiger partial charge in [0.05, 0.1) is 5.02 Å². The number of rotatable bonds is 1. The maximum Gasteiger partial charge on any atom is 0.470 e. The predicted molar refractivity (Wildman–Crippen MR) is 61.6 cm³/mol. The van der Waals surface area contributed by atoms with Crippen LogP contribution >= 0.6 is 11.6 Å². The zero-order valence-corrected chi connectivity index (χ0v) is 9.88. The molecule has 0 unspecified atom stereocenters. The van der Waals surface area contributed by atoms with Gasteiger partial charge in [-0.3, -0.25) is 0 Å². The van der Waals surface area contributed by atoms with Gasteiger partial charge in [0.1, 0.15) is 5.69 Å². The second-order valence-corrected chi connectivity index (χ2v) is 4.15. The summed E-state index contributed by atoms with van der Waals surface area (Å²) in [5.74, 6) is -1.70. The largest absolute Gasteiger partial charge is 0.470 e. The first-order valence-electron chi connectivity index (χ1n) is 5.14. The third-order valence-corrected chi connectivity index (χ3v) is 2.92. The fraction of sp³-hybridized carbons (Fsp3) is 0.0909. The summed E-state index contributed by atoms with van der Waals surface area (Å²) in [5.41, 5.74) is 0.847. The van der Waals surface area contributed by atoms with E-state index in [-0.39, 0.29) is 16.6 Å². The highest BCUT2D eigenvalue weighted by molar-refractivity contribution is 6.38. The van der Waals surface area contributed by atoms with Crippen molar-refractivity contribution in [2.75, 3.05) is 0 Å². The van der Waals surface area contributed by atoms with E-state index in [0.29, 0.717) is 10.9 Å². The molecule has 8 heteroatoms. The Morgan fingerprint density at radius 1 is 1.16 bits per heavy atom. The molecule has 0 saturated carbocycles. The Morgan fingerprint density at radius 3 is 2.53 bits per heavy atom. The van der Waals surface area contributed by atoms with Crippen LogP contribution in [0.3, 0.4) is 0 Å². The number of hydrogen-bond donors (Lipinski definition) is 1. The summed E-state index contributed by atoms with van der Waals surface area (Å²) < 4.78 is 41.7. The lowest BCUT2D eigenvalue weighted by molar-refractivity contribution is -0.156. The average Bonchev–Trinajstić information content (AvgIpc) is 2.94. The Bertz CT molecular complexity index is 747. The van der Waals surface area contributed by atoms with E-state index in [0.717, 1.165) is 0 Å². The van der Waals surface area contributed by atoms with Gasteiger partial charge in [-0.25, -0.2) is 0 Å². The van der Waals surface area contributed by atoms with Crippen LogP contribution in [0.15, 0.2) is 28.7 Å². The van der Waals surface area contributed by atoms with Gasteiger partial charge in [-0.15, -0.1) is 10.2 Å². The second-order valence-electron chi connectivity index (χ2n) is 3.77. The molecule has 4 nitrogen and oxygen atoms in total. The van der Waals surface area contributed by atoms with Crippen LogP contribution < -0.4 is 0 Å². The quantitative estimate of drug-likeness (QED) is 0.739. The van der Waals surface area contributed by atoms with Crippen LogP contribution in [0, 0.1) is 0 Å². The van der Waals surface area contributed by atoms with Crippen molar-refractivity contribution in [3.05, 3.63) is 35.2 Å². The van der Waals surface area contributed by atoms with Crippen molar-refractivity contribution in [1.82, 2.24) is 15.2 Å². The number of aromatic nitrogens is 3. The highest BCUT2D eigenvalue weighted by atomic mass is 35.5. The molecule has 0 bridgehead atoms. The minimum atomic E-state index is -4.68. The van der Waals surface area contributed by atoms with Crippen molar-refractivity contribution in [1.29, 1.82) is 0 Å². The van der Waals surface area contributed by atoms with E-state index < -0.39 is 12.1 Å². The molecule has 0 spiro atoms. The minimum Gasteiger partial charge on any atom is -0.411 e. The average molecular weight is 288 g/mol. The van der Waals surface area contributed by atoms with Crippen LogP contribution in [0.25, 0.3) is 22.5 Å². The van der Waals surface area contributed by atoms with Gasteiger partial charge in [0.2, 0.25) is 0 Å². The van der Waals surface area contributed by atoms with Crippen molar-refractivity contribution in [2.24, 2.45) is 0 Å². The molecule has 0 aliphatic rings. The van der Waals surface area contributed by atoms with E-state index in [1.807, 2.05) is 0 Å². The minimum absolute atomic E-state index is 0.172. The molecular formula is C11H5ClF3N3O. The summed E-state index contributed by atoms with van der Waals surface area (Å²) >= 11 is 6.07. The van der Waals surface area contributed by atoms with Gasteiger partial charge in [0.25, 0.3) is 5.89 Å². The number of halogens is 4. The van der Waals surface area contributed by atoms with Crippen LogP contribution in [0.2, 0.25) is 5.02 Å². The van der Waals surface area contributed by atoms with E-state index in [2.05, 4.69) is 19.6 Å². The molecule has 1 aromatic carbocycles. The van der Waals surface area contributed by atoms with Crippen molar-refractivity contribution in [3.63, 3.8) is 0 Å². The third-order valence-electron chi connectivity index (χ3n) is 2.52. The van der Waals surface area contributed by atoms with Gasteiger partial charge in [-0.1, -0.05) is 29.8 Å². The highest BCUT2D eigenvalue weighted by Crippen LogP contribution is 2.35. The Kier molecular flexibility index (Phi) is 2.53. The number of nitrogens with one attached hydrogen (secondary N) is 1. The lowest BCUT2D eigenvalue weighted by atomic mass is 10.2. The molecule has 0 aliphatic carbocycles. The standard InChI is InChI=1S/C11H5ClF3N3O/c12-7-5-3-1-2-4-6(5)16-8(7)9-17-18-10(19-9)11(13,14)15/h1-4,16H. The molecule has 0 radical (unpaired) electrons. The Balaban J connectivity index is 2.14. The highest BCUT2D eigenvalue weighted by Gasteiger charge is 2.38. The first-order valence-corrected chi connectivity index (χ1v) is 5.52. The summed E-state index contributed by atoms with van der Waals surface area (Å²) in [5, 5.41) is 7.23.